The van der Waals surface area contributed by atoms with Crippen molar-refractivity contribution in [1.82, 2.24) is 19.9 Å². The van der Waals surface area contributed by atoms with E-state index >= 15 is 0 Å². The minimum Gasteiger partial charge on any atom is -0.354 e. The molecule has 3 rings (SSSR count). The number of nitrogens with one attached hydrogen (secondary N) is 2. The molecule has 0 unspecified atom stereocenters. The summed E-state index contributed by atoms with van der Waals surface area (Å²) in [4.78, 5) is 31.0. The van der Waals surface area contributed by atoms with E-state index in [2.05, 4.69) is 15.3 Å². The normalized spacial score (nSPS) is 10.7. The number of imidazole rings is 1. The summed E-state index contributed by atoms with van der Waals surface area (Å²) >= 11 is 0. The van der Waals surface area contributed by atoms with Gasteiger partial charge in [-0.1, -0.05) is 18.2 Å². The topological polar surface area (TPSA) is 79.8 Å². The maximum absolute atomic E-state index is 11.8. The molecule has 2 aromatic heterocycles. The zero-order chi connectivity index (χ0) is 15.4. The molecule has 0 saturated heterocycles. The van der Waals surface area contributed by atoms with Crippen LogP contribution in [0, 0.1) is 0 Å². The van der Waals surface area contributed by atoms with Gasteiger partial charge in [0.1, 0.15) is 12.4 Å². The second-order valence-corrected chi connectivity index (χ2v) is 4.97. The van der Waals surface area contributed by atoms with Crippen molar-refractivity contribution in [2.45, 2.75) is 13.0 Å². The van der Waals surface area contributed by atoms with Crippen molar-refractivity contribution in [2.75, 3.05) is 6.54 Å². The number of aromatic nitrogens is 3. The Labute approximate surface area is 126 Å². The van der Waals surface area contributed by atoms with E-state index in [1.807, 2.05) is 24.3 Å². The quantitative estimate of drug-likeness (QED) is 0.739. The van der Waals surface area contributed by atoms with Crippen LogP contribution in [0.5, 0.6) is 0 Å². The first-order valence-electron chi connectivity index (χ1n) is 7.08. The summed E-state index contributed by atoms with van der Waals surface area (Å²) in [5.74, 6) is 0.641. The number of rotatable bonds is 5. The summed E-state index contributed by atoms with van der Waals surface area (Å²) in [5, 5.41) is 2.79. The van der Waals surface area contributed by atoms with Crippen LogP contribution in [0.4, 0.5) is 0 Å². The zero-order valence-corrected chi connectivity index (χ0v) is 12.0. The number of carbonyl (C=O) groups is 1. The van der Waals surface area contributed by atoms with E-state index in [1.54, 1.807) is 18.3 Å². The molecule has 0 radical (unpaired) electrons. The van der Waals surface area contributed by atoms with Gasteiger partial charge in [0.05, 0.1) is 11.0 Å². The van der Waals surface area contributed by atoms with Crippen LogP contribution < -0.4 is 10.9 Å². The van der Waals surface area contributed by atoms with E-state index < -0.39 is 0 Å². The van der Waals surface area contributed by atoms with Crippen molar-refractivity contribution in [3.05, 3.63) is 64.8 Å². The van der Waals surface area contributed by atoms with Gasteiger partial charge in [0, 0.05) is 25.2 Å². The maximum Gasteiger partial charge on any atom is 0.250 e. The third kappa shape index (κ3) is 3.22. The molecule has 2 heterocycles. The average molecular weight is 296 g/mol. The van der Waals surface area contributed by atoms with Crippen LogP contribution >= 0.6 is 0 Å². The number of aromatic amines is 1. The molecule has 1 aromatic carbocycles. The van der Waals surface area contributed by atoms with Gasteiger partial charge in [0.15, 0.2) is 0 Å². The summed E-state index contributed by atoms with van der Waals surface area (Å²) in [5.41, 5.74) is 1.72. The fraction of sp³-hybridized carbons (Fsp3) is 0.188. The van der Waals surface area contributed by atoms with E-state index in [9.17, 15) is 9.59 Å². The molecule has 0 aliphatic rings. The van der Waals surface area contributed by atoms with Gasteiger partial charge in [-0.15, -0.1) is 0 Å². The fourth-order valence-electron chi connectivity index (χ4n) is 2.25. The molecule has 0 atom stereocenters. The lowest BCUT2D eigenvalue weighted by Crippen LogP contribution is -2.32. The van der Waals surface area contributed by atoms with Crippen LogP contribution in [0.25, 0.3) is 11.0 Å². The van der Waals surface area contributed by atoms with Crippen molar-refractivity contribution in [3.63, 3.8) is 0 Å². The van der Waals surface area contributed by atoms with Crippen molar-refractivity contribution in [2.24, 2.45) is 0 Å². The Bertz CT molecular complexity index is 817. The molecule has 0 aliphatic heterocycles. The van der Waals surface area contributed by atoms with Crippen LogP contribution in [0.1, 0.15) is 5.82 Å². The molecule has 0 aliphatic carbocycles. The van der Waals surface area contributed by atoms with Gasteiger partial charge in [0.25, 0.3) is 5.56 Å². The molecule has 6 heteroatoms. The van der Waals surface area contributed by atoms with Crippen molar-refractivity contribution in [1.29, 1.82) is 0 Å². The number of H-pyrrole nitrogens is 1. The molecule has 0 spiro atoms. The second kappa shape index (κ2) is 6.26. The maximum atomic E-state index is 11.8. The Balaban J connectivity index is 1.53. The molecular formula is C16H16N4O2. The summed E-state index contributed by atoms with van der Waals surface area (Å²) in [6, 6.07) is 12.6. The number of carbonyl (C=O) groups excluding carboxylic acids is 1. The first kappa shape index (κ1) is 14.1. The number of pyridine rings is 1. The zero-order valence-electron chi connectivity index (χ0n) is 12.0. The average Bonchev–Trinajstić information content (AvgIpc) is 2.92. The van der Waals surface area contributed by atoms with Crippen LogP contribution in [0.3, 0.4) is 0 Å². The van der Waals surface area contributed by atoms with E-state index in [-0.39, 0.29) is 18.0 Å². The highest BCUT2D eigenvalue weighted by atomic mass is 16.2. The van der Waals surface area contributed by atoms with Crippen molar-refractivity contribution in [3.8, 4) is 0 Å². The lowest BCUT2D eigenvalue weighted by molar-refractivity contribution is -0.121. The van der Waals surface area contributed by atoms with E-state index in [4.69, 9.17) is 0 Å². The van der Waals surface area contributed by atoms with Gasteiger partial charge < -0.3 is 14.9 Å². The number of amides is 1. The minimum absolute atomic E-state index is 0.0276. The molecule has 2 N–H and O–H groups in total. The van der Waals surface area contributed by atoms with Gasteiger partial charge in [-0.2, -0.15) is 0 Å². The Hall–Kier alpha value is -2.89. The third-order valence-electron chi connectivity index (χ3n) is 3.34. The van der Waals surface area contributed by atoms with Gasteiger partial charge in [-0.25, -0.2) is 4.98 Å². The summed E-state index contributed by atoms with van der Waals surface area (Å²) in [6.07, 6.45) is 2.21. The van der Waals surface area contributed by atoms with Crippen LogP contribution in [-0.4, -0.2) is 27.0 Å². The van der Waals surface area contributed by atoms with Gasteiger partial charge in [0.2, 0.25) is 5.91 Å². The van der Waals surface area contributed by atoms with Crippen molar-refractivity contribution < 1.29 is 4.79 Å². The van der Waals surface area contributed by atoms with Gasteiger partial charge in [-0.05, 0) is 18.2 Å². The monoisotopic (exact) mass is 296 g/mol. The SMILES string of the molecule is O=C(Cn1ccccc1=O)NCCc1nc2ccccc2[nH]1. The molecule has 3 aromatic rings. The largest absolute Gasteiger partial charge is 0.354 e. The summed E-state index contributed by atoms with van der Waals surface area (Å²) in [6.45, 7) is 0.500. The smallest absolute Gasteiger partial charge is 0.250 e. The number of hydrogen-bond donors (Lipinski definition) is 2. The molecule has 0 bridgehead atoms. The molecule has 0 saturated carbocycles. The standard InChI is InChI=1S/C16H16N4O2/c21-15(11-20-10-4-3-7-16(20)22)17-9-8-14-18-12-5-1-2-6-13(12)19-14/h1-7,10H,8-9,11H2,(H,17,21)(H,18,19). The van der Waals surface area contributed by atoms with E-state index in [0.717, 1.165) is 16.9 Å². The van der Waals surface area contributed by atoms with E-state index in [0.29, 0.717) is 13.0 Å². The Morgan fingerprint density at radius 1 is 1.18 bits per heavy atom. The fourth-order valence-corrected chi connectivity index (χ4v) is 2.25. The predicted molar refractivity (Wildman–Crippen MR) is 83.5 cm³/mol. The highest BCUT2D eigenvalue weighted by molar-refractivity contribution is 5.76. The van der Waals surface area contributed by atoms with Crippen molar-refractivity contribution >= 4 is 16.9 Å². The number of benzene rings is 1. The Morgan fingerprint density at radius 2 is 2.00 bits per heavy atom. The summed E-state index contributed by atoms with van der Waals surface area (Å²) < 4.78 is 1.37. The predicted octanol–water partition coefficient (Wildman–Crippen LogP) is 1.08. The molecule has 112 valence electrons. The highest BCUT2D eigenvalue weighted by Crippen LogP contribution is 2.10. The molecule has 1 amide bonds. The Morgan fingerprint density at radius 3 is 2.82 bits per heavy atom. The van der Waals surface area contributed by atoms with Crippen LogP contribution in [0.15, 0.2) is 53.5 Å². The van der Waals surface area contributed by atoms with Crippen LogP contribution in [-0.2, 0) is 17.8 Å². The molecule has 0 fully saturated rings. The number of fused-ring (bicyclic) bond motifs is 1. The van der Waals surface area contributed by atoms with Crippen LogP contribution in [0.2, 0.25) is 0 Å². The van der Waals surface area contributed by atoms with Gasteiger partial charge >= 0.3 is 0 Å². The second-order valence-electron chi connectivity index (χ2n) is 4.97. The molecule has 6 nitrogen and oxygen atoms in total. The Kier molecular flexibility index (Phi) is 4.00. The number of nitrogens with zero attached hydrogens (tertiary/aromatic N) is 2. The lowest BCUT2D eigenvalue weighted by Gasteiger charge is -2.06. The first-order valence-corrected chi connectivity index (χ1v) is 7.08. The first-order chi connectivity index (χ1) is 10.7. The molecular weight excluding hydrogens is 280 g/mol. The van der Waals surface area contributed by atoms with E-state index in [1.165, 1.54) is 10.6 Å². The number of para-hydroxylation sites is 2. The third-order valence-corrected chi connectivity index (χ3v) is 3.34. The number of hydrogen-bond acceptors (Lipinski definition) is 3. The molecule has 22 heavy (non-hydrogen) atoms. The highest BCUT2D eigenvalue weighted by Gasteiger charge is 2.05. The summed E-state index contributed by atoms with van der Waals surface area (Å²) in [7, 11) is 0. The van der Waals surface area contributed by atoms with Gasteiger partial charge in [-0.3, -0.25) is 9.59 Å². The minimum atomic E-state index is -0.190. The lowest BCUT2D eigenvalue weighted by atomic mass is 10.3.